The highest BCUT2D eigenvalue weighted by Crippen LogP contribution is 2.28. The van der Waals surface area contributed by atoms with Crippen LogP contribution in [0, 0.1) is 24.7 Å². The molecule has 4 rings (SSSR count). The lowest BCUT2D eigenvalue weighted by Gasteiger charge is -2.23. The molecule has 1 aliphatic heterocycles. The highest BCUT2D eigenvalue weighted by molar-refractivity contribution is 5.39. The van der Waals surface area contributed by atoms with Crippen LogP contribution in [0.2, 0.25) is 0 Å². The third-order valence-corrected chi connectivity index (χ3v) is 5.31. The molecule has 5 heteroatoms. The normalized spacial score (nSPS) is 19.9. The van der Waals surface area contributed by atoms with Gasteiger partial charge in [0.05, 0.1) is 25.9 Å². The molecule has 1 saturated heterocycles. The summed E-state index contributed by atoms with van der Waals surface area (Å²) in [5.41, 5.74) is 2.85. The van der Waals surface area contributed by atoms with Crippen LogP contribution < -0.4 is 10.3 Å². The van der Waals surface area contributed by atoms with Gasteiger partial charge in [0, 0.05) is 23.2 Å². The molecular weight excluding hydrogens is 366 g/mol. The first kappa shape index (κ1) is 19.8. The van der Waals surface area contributed by atoms with Crippen molar-refractivity contribution in [2.24, 2.45) is 5.92 Å². The second-order valence-electron chi connectivity index (χ2n) is 7.76. The van der Waals surface area contributed by atoms with Crippen molar-refractivity contribution in [3.63, 3.8) is 0 Å². The van der Waals surface area contributed by atoms with Gasteiger partial charge in [0.15, 0.2) is 0 Å². The fraction of sp³-hybridized carbons (Fsp3) is 0.458. The van der Waals surface area contributed by atoms with Crippen LogP contribution in [0.3, 0.4) is 0 Å². The molecule has 5 nitrogen and oxygen atoms in total. The Kier molecular flexibility index (Phi) is 6.03. The topological polar surface area (TPSA) is 49.7 Å². The first-order valence-corrected chi connectivity index (χ1v) is 10.3. The molecule has 2 unspecified atom stereocenters. The number of rotatable bonds is 5. The molecule has 0 amide bonds. The molecule has 0 bridgehead atoms. The van der Waals surface area contributed by atoms with Crippen LogP contribution in [0.4, 0.5) is 0 Å². The van der Waals surface area contributed by atoms with Gasteiger partial charge in [-0.2, -0.15) is 0 Å². The maximum atomic E-state index is 12.8. The lowest BCUT2D eigenvalue weighted by Crippen LogP contribution is -2.33. The van der Waals surface area contributed by atoms with Gasteiger partial charge in [0.25, 0.3) is 5.56 Å². The average molecular weight is 393 g/mol. The quantitative estimate of drug-likeness (QED) is 0.732. The number of pyridine rings is 1. The molecule has 1 aromatic carbocycles. The van der Waals surface area contributed by atoms with Crippen LogP contribution in [0.1, 0.15) is 42.6 Å². The van der Waals surface area contributed by atoms with Crippen molar-refractivity contribution in [3.8, 4) is 17.6 Å². The van der Waals surface area contributed by atoms with Gasteiger partial charge in [-0.25, -0.2) is 0 Å². The van der Waals surface area contributed by atoms with Gasteiger partial charge in [-0.3, -0.25) is 4.79 Å². The number of aryl methyl sites for hydroxylation is 1. The van der Waals surface area contributed by atoms with E-state index in [1.54, 1.807) is 10.6 Å². The molecule has 2 aliphatic rings. The molecule has 0 spiro atoms. The number of ether oxygens (including phenoxy) is 3. The van der Waals surface area contributed by atoms with Crippen LogP contribution in [-0.4, -0.2) is 37.1 Å². The molecule has 0 radical (unpaired) electrons. The van der Waals surface area contributed by atoms with Crippen LogP contribution in [-0.2, 0) is 9.47 Å². The Morgan fingerprint density at radius 3 is 2.83 bits per heavy atom. The average Bonchev–Trinajstić information content (AvgIpc) is 3.56. The Labute approximate surface area is 171 Å². The predicted octanol–water partition coefficient (Wildman–Crippen LogP) is 3.32. The fourth-order valence-corrected chi connectivity index (χ4v) is 3.52. The maximum Gasteiger partial charge on any atom is 0.254 e. The van der Waals surface area contributed by atoms with E-state index in [0.717, 1.165) is 16.8 Å². The molecular formula is C24H27NO4. The summed E-state index contributed by atoms with van der Waals surface area (Å²) in [4.78, 5) is 12.8. The van der Waals surface area contributed by atoms with Gasteiger partial charge in [-0.1, -0.05) is 24.0 Å². The Bertz CT molecular complexity index is 974. The van der Waals surface area contributed by atoms with E-state index >= 15 is 0 Å². The second kappa shape index (κ2) is 8.86. The summed E-state index contributed by atoms with van der Waals surface area (Å²) in [5.74, 6) is 7.69. The molecule has 29 heavy (non-hydrogen) atoms. The first-order chi connectivity index (χ1) is 14.1. The summed E-state index contributed by atoms with van der Waals surface area (Å²) in [5, 5.41) is 0. The van der Waals surface area contributed by atoms with Crippen molar-refractivity contribution in [2.45, 2.75) is 38.8 Å². The zero-order valence-corrected chi connectivity index (χ0v) is 17.0. The lowest BCUT2D eigenvalue weighted by molar-refractivity contribution is -0.101. The number of benzene rings is 1. The van der Waals surface area contributed by atoms with E-state index in [9.17, 15) is 4.79 Å². The van der Waals surface area contributed by atoms with E-state index in [4.69, 9.17) is 14.2 Å². The summed E-state index contributed by atoms with van der Waals surface area (Å²) < 4.78 is 18.5. The van der Waals surface area contributed by atoms with Crippen molar-refractivity contribution in [1.29, 1.82) is 0 Å². The maximum absolute atomic E-state index is 12.8. The summed E-state index contributed by atoms with van der Waals surface area (Å²) in [7, 11) is 0. The van der Waals surface area contributed by atoms with Crippen molar-refractivity contribution in [2.75, 3.05) is 26.4 Å². The van der Waals surface area contributed by atoms with Gasteiger partial charge >= 0.3 is 0 Å². The first-order valence-electron chi connectivity index (χ1n) is 10.3. The molecule has 2 aromatic rings. The molecule has 152 valence electrons. The number of hydrogen-bond acceptors (Lipinski definition) is 4. The Morgan fingerprint density at radius 2 is 2.10 bits per heavy atom. The number of nitrogens with zero attached hydrogens (tertiary/aromatic N) is 1. The molecule has 2 atom stereocenters. The lowest BCUT2D eigenvalue weighted by atomic mass is 10.0. The molecule has 2 fully saturated rings. The Hall–Kier alpha value is -2.55. The third kappa shape index (κ3) is 5.09. The third-order valence-electron chi connectivity index (χ3n) is 5.31. The van der Waals surface area contributed by atoms with E-state index in [2.05, 4.69) is 17.9 Å². The number of aromatic nitrogens is 1. The predicted molar refractivity (Wildman–Crippen MR) is 111 cm³/mol. The van der Waals surface area contributed by atoms with Crippen molar-refractivity contribution in [1.82, 2.24) is 4.57 Å². The Balaban J connectivity index is 1.49. The highest BCUT2D eigenvalue weighted by atomic mass is 16.6. The largest absolute Gasteiger partial charge is 0.491 e. The van der Waals surface area contributed by atoms with Gasteiger partial charge in [-0.15, -0.1) is 0 Å². The molecule has 2 heterocycles. The second-order valence-corrected chi connectivity index (χ2v) is 7.76. The zero-order valence-electron chi connectivity index (χ0n) is 17.0. The molecule has 1 aromatic heterocycles. The minimum absolute atomic E-state index is 0.0808. The summed E-state index contributed by atoms with van der Waals surface area (Å²) >= 11 is 0. The van der Waals surface area contributed by atoms with E-state index in [-0.39, 0.29) is 17.7 Å². The minimum atomic E-state index is -0.0927. The van der Waals surface area contributed by atoms with Crippen molar-refractivity contribution in [3.05, 3.63) is 63.6 Å². The van der Waals surface area contributed by atoms with Gasteiger partial charge in [-0.05, 0) is 50.5 Å². The SMILES string of the molecule is Cc1cc(OCC2COCCO2)cc(=O)n1C(C)c1cccc(C#CC2CC2)c1. The monoisotopic (exact) mass is 393 g/mol. The van der Waals surface area contributed by atoms with E-state index in [0.29, 0.717) is 38.1 Å². The van der Waals surface area contributed by atoms with E-state index in [1.165, 1.54) is 12.8 Å². The summed E-state index contributed by atoms with van der Waals surface area (Å²) in [6.45, 7) is 6.07. The van der Waals surface area contributed by atoms with Gasteiger partial charge in [0.1, 0.15) is 18.5 Å². The van der Waals surface area contributed by atoms with E-state index in [1.807, 2.05) is 38.1 Å². The molecule has 0 N–H and O–H groups in total. The minimum Gasteiger partial charge on any atom is -0.491 e. The molecule has 1 saturated carbocycles. The zero-order chi connectivity index (χ0) is 20.2. The van der Waals surface area contributed by atoms with E-state index < -0.39 is 0 Å². The smallest absolute Gasteiger partial charge is 0.254 e. The van der Waals surface area contributed by atoms with Crippen LogP contribution in [0.25, 0.3) is 0 Å². The van der Waals surface area contributed by atoms with Gasteiger partial charge < -0.3 is 18.8 Å². The van der Waals surface area contributed by atoms with Crippen LogP contribution in [0.5, 0.6) is 5.75 Å². The van der Waals surface area contributed by atoms with Crippen molar-refractivity contribution < 1.29 is 14.2 Å². The Morgan fingerprint density at radius 1 is 1.24 bits per heavy atom. The molecule has 1 aliphatic carbocycles. The highest BCUT2D eigenvalue weighted by Gasteiger charge is 2.18. The summed E-state index contributed by atoms with van der Waals surface area (Å²) in [6, 6.07) is 11.5. The van der Waals surface area contributed by atoms with Crippen LogP contribution >= 0.6 is 0 Å². The fourth-order valence-electron chi connectivity index (χ4n) is 3.52. The summed E-state index contributed by atoms with van der Waals surface area (Å²) in [6.07, 6.45) is 2.34. The number of hydrogen-bond donors (Lipinski definition) is 0. The van der Waals surface area contributed by atoms with Gasteiger partial charge in [0.2, 0.25) is 0 Å². The van der Waals surface area contributed by atoms with Crippen molar-refractivity contribution >= 4 is 0 Å². The van der Waals surface area contributed by atoms with Crippen LogP contribution in [0.15, 0.2) is 41.2 Å². The standard InChI is InChI=1S/C24H27NO4/c1-17-12-22(29-16-23-15-27-10-11-28-23)14-24(26)25(17)18(2)21-5-3-4-20(13-21)9-8-19-6-7-19/h3-5,12-14,18-19,23H,6-7,10-11,15-16H2,1-2H3.